The van der Waals surface area contributed by atoms with E-state index in [0.717, 1.165) is 22.1 Å². The molecule has 2 rings (SSSR count). The van der Waals surface area contributed by atoms with E-state index in [9.17, 15) is 21.6 Å². The van der Waals surface area contributed by atoms with Crippen LogP contribution in [0.1, 0.15) is 11.1 Å². The highest BCUT2D eigenvalue weighted by Gasteiger charge is 2.30. The van der Waals surface area contributed by atoms with Crippen molar-refractivity contribution in [2.45, 2.75) is 21.9 Å². The summed E-state index contributed by atoms with van der Waals surface area (Å²) in [5.74, 6) is 0.398. The highest BCUT2D eigenvalue weighted by atomic mass is 32.2. The first kappa shape index (κ1) is 18.8. The van der Waals surface area contributed by atoms with E-state index in [1.54, 1.807) is 18.2 Å². The Kier molecular flexibility index (Phi) is 5.56. The van der Waals surface area contributed by atoms with Crippen LogP contribution in [-0.2, 0) is 22.0 Å². The fraction of sp³-hybridized carbons (Fsp3) is 0.267. The predicted octanol–water partition coefficient (Wildman–Crippen LogP) is 3.64. The molecule has 0 atom stereocenters. The summed E-state index contributed by atoms with van der Waals surface area (Å²) < 4.78 is 62.8. The minimum Gasteiger partial charge on any atom is -0.249 e. The second-order valence-electron chi connectivity index (χ2n) is 5.11. The zero-order chi connectivity index (χ0) is 18.0. The Labute approximate surface area is 142 Å². The third-order valence-electron chi connectivity index (χ3n) is 3.13. The van der Waals surface area contributed by atoms with Gasteiger partial charge in [-0.25, -0.2) is 17.7 Å². The molecule has 9 heteroatoms. The highest BCUT2D eigenvalue weighted by Crippen LogP contribution is 2.30. The topological polar surface area (TPSA) is 50.3 Å². The summed E-state index contributed by atoms with van der Waals surface area (Å²) in [7, 11) is -0.626. The summed E-state index contributed by atoms with van der Waals surface area (Å²) in [6, 6.07) is 8.71. The Bertz CT molecular complexity index is 804. The first-order valence-electron chi connectivity index (χ1n) is 6.78. The SMILES string of the molecule is CN(C)S(=O)(=O)c1cccc(CSc2ccc(C(F)(F)F)cn2)c1. The molecule has 1 aromatic heterocycles. The van der Waals surface area contributed by atoms with Crippen molar-refractivity contribution in [3.05, 3.63) is 53.7 Å². The third kappa shape index (κ3) is 4.49. The summed E-state index contributed by atoms with van der Waals surface area (Å²) in [5, 5.41) is 0.434. The van der Waals surface area contributed by atoms with Crippen LogP contribution >= 0.6 is 11.8 Å². The molecule has 0 radical (unpaired) electrons. The van der Waals surface area contributed by atoms with Crippen molar-refractivity contribution < 1.29 is 21.6 Å². The van der Waals surface area contributed by atoms with E-state index in [4.69, 9.17) is 0 Å². The number of nitrogens with zero attached hydrogens (tertiary/aromatic N) is 2. The lowest BCUT2D eigenvalue weighted by Crippen LogP contribution is -2.22. The van der Waals surface area contributed by atoms with E-state index < -0.39 is 21.8 Å². The van der Waals surface area contributed by atoms with Gasteiger partial charge in [0.25, 0.3) is 0 Å². The van der Waals surface area contributed by atoms with Crippen LogP contribution in [0.4, 0.5) is 13.2 Å². The van der Waals surface area contributed by atoms with E-state index in [1.807, 2.05) is 0 Å². The van der Waals surface area contributed by atoms with Gasteiger partial charge in [-0.15, -0.1) is 11.8 Å². The molecule has 0 N–H and O–H groups in total. The van der Waals surface area contributed by atoms with Crippen molar-refractivity contribution in [3.63, 3.8) is 0 Å². The number of alkyl halides is 3. The van der Waals surface area contributed by atoms with Gasteiger partial charge in [-0.1, -0.05) is 12.1 Å². The Morgan fingerprint density at radius 3 is 2.42 bits per heavy atom. The predicted molar refractivity (Wildman–Crippen MR) is 86.1 cm³/mol. The van der Waals surface area contributed by atoms with Gasteiger partial charge in [0.2, 0.25) is 10.0 Å². The normalized spacial score (nSPS) is 12.6. The summed E-state index contributed by atoms with van der Waals surface area (Å²) in [6.07, 6.45) is -3.62. The molecular weight excluding hydrogens is 361 g/mol. The van der Waals surface area contributed by atoms with Gasteiger partial charge in [0.1, 0.15) is 0 Å². The van der Waals surface area contributed by atoms with Gasteiger partial charge in [-0.2, -0.15) is 13.2 Å². The minimum absolute atomic E-state index is 0.172. The second kappa shape index (κ2) is 7.12. The summed E-state index contributed by atoms with van der Waals surface area (Å²) in [4.78, 5) is 3.95. The van der Waals surface area contributed by atoms with E-state index in [2.05, 4.69) is 4.98 Å². The molecule has 0 amide bonds. The first-order chi connectivity index (χ1) is 11.1. The quantitative estimate of drug-likeness (QED) is 0.748. The average molecular weight is 376 g/mol. The number of halogens is 3. The Hall–Kier alpha value is -1.58. The maximum absolute atomic E-state index is 12.5. The number of thioether (sulfide) groups is 1. The molecule has 0 fully saturated rings. The number of aromatic nitrogens is 1. The van der Waals surface area contributed by atoms with Crippen molar-refractivity contribution in [2.75, 3.05) is 14.1 Å². The molecule has 1 heterocycles. The van der Waals surface area contributed by atoms with Crippen molar-refractivity contribution in [1.29, 1.82) is 0 Å². The van der Waals surface area contributed by atoms with E-state index in [-0.39, 0.29) is 4.90 Å². The van der Waals surface area contributed by atoms with E-state index >= 15 is 0 Å². The molecule has 0 saturated carbocycles. The average Bonchev–Trinajstić information content (AvgIpc) is 2.52. The molecule has 0 aliphatic rings. The van der Waals surface area contributed by atoms with Gasteiger partial charge in [0.15, 0.2) is 0 Å². The van der Waals surface area contributed by atoms with Crippen LogP contribution in [0, 0.1) is 0 Å². The molecular formula is C15H15F3N2O2S2. The molecule has 1 aromatic carbocycles. The van der Waals surface area contributed by atoms with Gasteiger partial charge in [-0.05, 0) is 29.8 Å². The number of pyridine rings is 1. The molecule has 24 heavy (non-hydrogen) atoms. The smallest absolute Gasteiger partial charge is 0.249 e. The molecule has 0 aliphatic carbocycles. The summed E-state index contributed by atoms with van der Waals surface area (Å²) >= 11 is 1.23. The molecule has 0 saturated heterocycles. The van der Waals surface area contributed by atoms with Crippen molar-refractivity contribution in [3.8, 4) is 0 Å². The molecule has 130 valence electrons. The fourth-order valence-corrected chi connectivity index (χ4v) is 3.56. The van der Waals surface area contributed by atoms with Crippen LogP contribution in [0.25, 0.3) is 0 Å². The standard InChI is InChI=1S/C15H15F3N2O2S2/c1-20(2)24(21,22)13-5-3-4-11(8-13)10-23-14-7-6-12(9-19-14)15(16,17)18/h3-9H,10H2,1-2H3. The largest absolute Gasteiger partial charge is 0.417 e. The number of rotatable bonds is 5. The molecule has 0 unspecified atom stereocenters. The van der Waals surface area contributed by atoms with Gasteiger partial charge >= 0.3 is 6.18 Å². The summed E-state index contributed by atoms with van der Waals surface area (Å²) in [5.41, 5.74) is -0.0597. The first-order valence-corrected chi connectivity index (χ1v) is 9.21. The van der Waals surface area contributed by atoms with Crippen LogP contribution < -0.4 is 0 Å². The van der Waals surface area contributed by atoms with E-state index in [1.165, 1.54) is 38.0 Å². The summed E-state index contributed by atoms with van der Waals surface area (Å²) in [6.45, 7) is 0. The lowest BCUT2D eigenvalue weighted by Gasteiger charge is -2.12. The molecule has 2 aromatic rings. The lowest BCUT2D eigenvalue weighted by atomic mass is 10.2. The van der Waals surface area contributed by atoms with Gasteiger partial charge in [0.05, 0.1) is 15.5 Å². The molecule has 0 spiro atoms. The van der Waals surface area contributed by atoms with Crippen LogP contribution in [-0.4, -0.2) is 31.8 Å². The zero-order valence-electron chi connectivity index (χ0n) is 12.9. The Morgan fingerprint density at radius 1 is 1.17 bits per heavy atom. The number of hydrogen-bond donors (Lipinski definition) is 0. The third-order valence-corrected chi connectivity index (χ3v) is 5.95. The second-order valence-corrected chi connectivity index (χ2v) is 8.25. The molecule has 0 aliphatic heterocycles. The van der Waals surface area contributed by atoms with Crippen molar-refractivity contribution in [1.82, 2.24) is 9.29 Å². The number of sulfonamides is 1. The maximum atomic E-state index is 12.5. The van der Waals surface area contributed by atoms with Crippen molar-refractivity contribution in [2.24, 2.45) is 0 Å². The Balaban J connectivity index is 2.10. The minimum atomic E-state index is -4.41. The van der Waals surface area contributed by atoms with Crippen LogP contribution in [0.3, 0.4) is 0 Å². The highest BCUT2D eigenvalue weighted by molar-refractivity contribution is 7.98. The van der Waals surface area contributed by atoms with Crippen LogP contribution in [0.5, 0.6) is 0 Å². The fourth-order valence-electron chi connectivity index (χ4n) is 1.80. The number of hydrogen-bond acceptors (Lipinski definition) is 4. The van der Waals surface area contributed by atoms with Crippen molar-refractivity contribution >= 4 is 21.8 Å². The zero-order valence-corrected chi connectivity index (χ0v) is 14.5. The Morgan fingerprint density at radius 2 is 1.88 bits per heavy atom. The maximum Gasteiger partial charge on any atom is 0.417 e. The molecule has 0 bridgehead atoms. The van der Waals surface area contributed by atoms with Gasteiger partial charge in [-0.3, -0.25) is 0 Å². The van der Waals surface area contributed by atoms with Gasteiger partial charge < -0.3 is 0 Å². The molecule has 4 nitrogen and oxygen atoms in total. The lowest BCUT2D eigenvalue weighted by molar-refractivity contribution is -0.137. The van der Waals surface area contributed by atoms with Crippen LogP contribution in [0.15, 0.2) is 52.5 Å². The monoisotopic (exact) mass is 376 g/mol. The van der Waals surface area contributed by atoms with Gasteiger partial charge in [0, 0.05) is 26.0 Å². The number of benzene rings is 1. The van der Waals surface area contributed by atoms with Crippen LogP contribution in [0.2, 0.25) is 0 Å². The van der Waals surface area contributed by atoms with E-state index in [0.29, 0.717) is 10.8 Å².